The van der Waals surface area contributed by atoms with E-state index in [4.69, 9.17) is 11.1 Å². The van der Waals surface area contributed by atoms with Crippen molar-refractivity contribution in [3.63, 3.8) is 0 Å². The van der Waals surface area contributed by atoms with E-state index in [1.807, 2.05) is 12.3 Å². The van der Waals surface area contributed by atoms with Gasteiger partial charge in [0.25, 0.3) is 0 Å². The average Bonchev–Trinajstić information content (AvgIpc) is 2.03. The fraction of sp³-hybridized carbons (Fsp3) is 0.125. The Kier molecular flexibility index (Phi) is 2.60. The number of amidine groups is 1. The molecule has 0 aliphatic carbocycles. The van der Waals surface area contributed by atoms with Crippen molar-refractivity contribution in [3.8, 4) is 5.75 Å². The van der Waals surface area contributed by atoms with Gasteiger partial charge in [-0.15, -0.1) is 11.8 Å². The number of hydrogen-bond acceptors (Lipinski definition) is 3. The highest BCUT2D eigenvalue weighted by molar-refractivity contribution is 7.98. The van der Waals surface area contributed by atoms with Gasteiger partial charge in [0.15, 0.2) is 0 Å². The van der Waals surface area contributed by atoms with Crippen LogP contribution in [0.2, 0.25) is 0 Å². The molecule has 0 unspecified atom stereocenters. The van der Waals surface area contributed by atoms with Gasteiger partial charge in [-0.2, -0.15) is 0 Å². The molecule has 1 rings (SSSR count). The topological polar surface area (TPSA) is 70.1 Å². The van der Waals surface area contributed by atoms with Crippen molar-refractivity contribution in [3.05, 3.63) is 23.8 Å². The molecule has 4 N–H and O–H groups in total. The number of nitrogen functional groups attached to an aromatic ring is 1. The number of aromatic hydroxyl groups is 1. The molecule has 1 aromatic rings. The Morgan fingerprint density at radius 3 is 2.67 bits per heavy atom. The van der Waals surface area contributed by atoms with Gasteiger partial charge in [-0.3, -0.25) is 5.41 Å². The van der Waals surface area contributed by atoms with Crippen molar-refractivity contribution in [1.82, 2.24) is 0 Å². The normalized spacial score (nSPS) is 9.75. The maximum absolute atomic E-state index is 9.36. The largest absolute Gasteiger partial charge is 0.507 e. The van der Waals surface area contributed by atoms with E-state index in [-0.39, 0.29) is 11.6 Å². The van der Waals surface area contributed by atoms with Gasteiger partial charge in [-0.25, -0.2) is 0 Å². The second-order valence-corrected chi connectivity index (χ2v) is 3.18. The van der Waals surface area contributed by atoms with E-state index >= 15 is 0 Å². The monoisotopic (exact) mass is 182 g/mol. The molecular weight excluding hydrogens is 172 g/mol. The highest BCUT2D eigenvalue weighted by Crippen LogP contribution is 2.23. The van der Waals surface area contributed by atoms with Gasteiger partial charge in [0.05, 0.1) is 5.56 Å². The number of phenolic OH excluding ortho intramolecular Hbond substituents is 1. The van der Waals surface area contributed by atoms with E-state index in [0.717, 1.165) is 4.90 Å². The van der Waals surface area contributed by atoms with Crippen LogP contribution in [0, 0.1) is 5.41 Å². The molecule has 0 fully saturated rings. The highest BCUT2D eigenvalue weighted by atomic mass is 32.2. The van der Waals surface area contributed by atoms with Crippen LogP contribution in [0.4, 0.5) is 0 Å². The van der Waals surface area contributed by atoms with Crippen LogP contribution in [0.15, 0.2) is 23.1 Å². The Morgan fingerprint density at radius 1 is 1.58 bits per heavy atom. The Hall–Kier alpha value is -1.16. The van der Waals surface area contributed by atoms with E-state index in [1.54, 1.807) is 12.1 Å². The zero-order valence-corrected chi connectivity index (χ0v) is 7.48. The molecular formula is C8H10N2OS. The Bertz CT molecular complexity index is 312. The summed E-state index contributed by atoms with van der Waals surface area (Å²) in [5.74, 6) is -0.0468. The first-order valence-electron chi connectivity index (χ1n) is 3.36. The molecule has 0 amide bonds. The van der Waals surface area contributed by atoms with Gasteiger partial charge in [0.2, 0.25) is 0 Å². The van der Waals surface area contributed by atoms with Gasteiger partial charge in [0, 0.05) is 4.90 Å². The summed E-state index contributed by atoms with van der Waals surface area (Å²) in [7, 11) is 0. The summed E-state index contributed by atoms with van der Waals surface area (Å²) >= 11 is 1.53. The van der Waals surface area contributed by atoms with Gasteiger partial charge < -0.3 is 10.8 Å². The molecule has 0 spiro atoms. The molecule has 0 aliphatic rings. The van der Waals surface area contributed by atoms with Gasteiger partial charge in [-0.1, -0.05) is 0 Å². The summed E-state index contributed by atoms with van der Waals surface area (Å²) in [5.41, 5.74) is 5.60. The second kappa shape index (κ2) is 3.49. The van der Waals surface area contributed by atoms with Crippen LogP contribution in [0.3, 0.4) is 0 Å². The predicted molar refractivity (Wildman–Crippen MR) is 50.9 cm³/mol. The van der Waals surface area contributed by atoms with Crippen molar-refractivity contribution in [1.29, 1.82) is 5.41 Å². The zero-order chi connectivity index (χ0) is 9.14. The fourth-order valence-corrected chi connectivity index (χ4v) is 1.30. The van der Waals surface area contributed by atoms with E-state index < -0.39 is 0 Å². The van der Waals surface area contributed by atoms with Gasteiger partial charge in [-0.05, 0) is 24.5 Å². The van der Waals surface area contributed by atoms with E-state index in [2.05, 4.69) is 0 Å². The van der Waals surface area contributed by atoms with Crippen molar-refractivity contribution < 1.29 is 5.11 Å². The molecule has 0 aromatic heterocycles. The summed E-state index contributed by atoms with van der Waals surface area (Å²) in [6.07, 6.45) is 1.92. The van der Waals surface area contributed by atoms with E-state index in [1.165, 1.54) is 11.8 Å². The van der Waals surface area contributed by atoms with Crippen LogP contribution in [-0.2, 0) is 0 Å². The zero-order valence-electron chi connectivity index (χ0n) is 6.66. The number of nitrogens with one attached hydrogen (secondary N) is 1. The molecule has 0 radical (unpaired) electrons. The van der Waals surface area contributed by atoms with Crippen LogP contribution < -0.4 is 5.73 Å². The Labute approximate surface area is 75.1 Å². The molecule has 64 valence electrons. The minimum absolute atomic E-state index is 0.0642. The molecule has 3 nitrogen and oxygen atoms in total. The molecule has 0 saturated heterocycles. The van der Waals surface area contributed by atoms with E-state index in [0.29, 0.717) is 5.56 Å². The summed E-state index contributed by atoms with van der Waals surface area (Å²) < 4.78 is 0. The SMILES string of the molecule is CSc1ccc(C(=N)N)c(O)c1. The average molecular weight is 182 g/mol. The van der Waals surface area contributed by atoms with E-state index in [9.17, 15) is 5.11 Å². The lowest BCUT2D eigenvalue weighted by molar-refractivity contribution is 0.472. The number of hydrogen-bond donors (Lipinski definition) is 3. The third-order valence-corrected chi connectivity index (χ3v) is 2.22. The van der Waals surface area contributed by atoms with Crippen LogP contribution >= 0.6 is 11.8 Å². The van der Waals surface area contributed by atoms with Crippen molar-refractivity contribution >= 4 is 17.6 Å². The molecule has 4 heteroatoms. The minimum Gasteiger partial charge on any atom is -0.507 e. The van der Waals surface area contributed by atoms with Crippen LogP contribution in [0.5, 0.6) is 5.75 Å². The third kappa shape index (κ3) is 1.71. The fourth-order valence-electron chi connectivity index (χ4n) is 0.866. The minimum atomic E-state index is -0.111. The maximum atomic E-state index is 9.36. The lowest BCUT2D eigenvalue weighted by atomic mass is 10.2. The van der Waals surface area contributed by atoms with Crippen molar-refractivity contribution in [2.45, 2.75) is 4.90 Å². The number of nitrogens with two attached hydrogens (primary N) is 1. The first-order chi connectivity index (χ1) is 5.65. The van der Waals surface area contributed by atoms with Gasteiger partial charge >= 0.3 is 0 Å². The number of phenols is 1. The standard InChI is InChI=1S/C8H10N2OS/c1-12-5-2-3-6(8(9)10)7(11)4-5/h2-4,11H,1H3,(H3,9,10). The number of thioether (sulfide) groups is 1. The Balaban J connectivity index is 3.12. The highest BCUT2D eigenvalue weighted by Gasteiger charge is 2.03. The Morgan fingerprint density at radius 2 is 2.25 bits per heavy atom. The molecule has 0 heterocycles. The van der Waals surface area contributed by atoms with Crippen LogP contribution in [0.1, 0.15) is 5.56 Å². The summed E-state index contributed by atoms with van der Waals surface area (Å²) in [6, 6.07) is 5.06. The molecule has 12 heavy (non-hydrogen) atoms. The van der Waals surface area contributed by atoms with Crippen molar-refractivity contribution in [2.75, 3.05) is 6.26 Å². The lowest BCUT2D eigenvalue weighted by Crippen LogP contribution is -2.10. The molecule has 0 saturated carbocycles. The van der Waals surface area contributed by atoms with Gasteiger partial charge in [0.1, 0.15) is 11.6 Å². The predicted octanol–water partition coefficient (Wildman–Crippen LogP) is 1.40. The molecule has 1 aromatic carbocycles. The number of benzene rings is 1. The second-order valence-electron chi connectivity index (χ2n) is 2.30. The molecule has 0 atom stereocenters. The summed E-state index contributed by atoms with van der Waals surface area (Å²) in [5, 5.41) is 16.5. The van der Waals surface area contributed by atoms with Crippen LogP contribution in [0.25, 0.3) is 0 Å². The number of rotatable bonds is 2. The molecule has 0 bridgehead atoms. The smallest absolute Gasteiger partial charge is 0.127 e. The lowest BCUT2D eigenvalue weighted by Gasteiger charge is -2.03. The third-order valence-electron chi connectivity index (χ3n) is 1.50. The van der Waals surface area contributed by atoms with Crippen LogP contribution in [-0.4, -0.2) is 17.2 Å². The summed E-state index contributed by atoms with van der Waals surface area (Å²) in [4.78, 5) is 0.956. The quantitative estimate of drug-likeness (QED) is 0.368. The maximum Gasteiger partial charge on any atom is 0.127 e. The first-order valence-corrected chi connectivity index (χ1v) is 4.59. The van der Waals surface area contributed by atoms with Crippen molar-refractivity contribution in [2.24, 2.45) is 5.73 Å². The molecule has 0 aliphatic heterocycles. The summed E-state index contributed by atoms with van der Waals surface area (Å²) in [6.45, 7) is 0. The first kappa shape index (κ1) is 8.93.